The van der Waals surface area contributed by atoms with Gasteiger partial charge in [-0.15, -0.1) is 0 Å². The monoisotopic (exact) mass is 299 g/mol. The van der Waals surface area contributed by atoms with Crippen molar-refractivity contribution in [3.05, 3.63) is 34.9 Å². The van der Waals surface area contributed by atoms with Crippen molar-refractivity contribution in [3.8, 4) is 0 Å². The minimum atomic E-state index is 0.261. The standard InChI is InChI=1S/C18H25N3O/c22-18(17-6-2-4-14-3-1-5-16(14)17)21-10-7-15(13-21)20-11-8-19-9-12-20/h2,4,6,15,19H,1,3,5,7-13H2. The summed E-state index contributed by atoms with van der Waals surface area (Å²) in [6.45, 7) is 6.22. The summed E-state index contributed by atoms with van der Waals surface area (Å²) >= 11 is 0. The highest BCUT2D eigenvalue weighted by Crippen LogP contribution is 2.27. The van der Waals surface area contributed by atoms with E-state index in [1.165, 1.54) is 17.5 Å². The van der Waals surface area contributed by atoms with E-state index in [2.05, 4.69) is 27.2 Å². The van der Waals surface area contributed by atoms with E-state index in [-0.39, 0.29) is 5.91 Å². The Labute approximate surface area is 132 Å². The molecule has 0 radical (unpaired) electrons. The first kappa shape index (κ1) is 14.2. The molecule has 2 heterocycles. The van der Waals surface area contributed by atoms with Crippen molar-refractivity contribution in [1.82, 2.24) is 15.1 Å². The number of nitrogens with one attached hydrogen (secondary N) is 1. The van der Waals surface area contributed by atoms with Gasteiger partial charge in [-0.1, -0.05) is 12.1 Å². The van der Waals surface area contributed by atoms with E-state index >= 15 is 0 Å². The lowest BCUT2D eigenvalue weighted by molar-refractivity contribution is 0.0772. The number of rotatable bonds is 2. The number of amides is 1. The minimum absolute atomic E-state index is 0.261. The molecule has 0 spiro atoms. The molecule has 0 aromatic heterocycles. The molecule has 0 saturated carbocycles. The lowest BCUT2D eigenvalue weighted by atomic mass is 10.0. The summed E-state index contributed by atoms with van der Waals surface area (Å²) in [6, 6.07) is 6.83. The quantitative estimate of drug-likeness (QED) is 0.894. The predicted octanol–water partition coefficient (Wildman–Crippen LogP) is 1.29. The summed E-state index contributed by atoms with van der Waals surface area (Å²) in [6.07, 6.45) is 4.54. The third kappa shape index (κ3) is 2.55. The molecule has 1 unspecified atom stereocenters. The average Bonchev–Trinajstić information content (AvgIpc) is 3.24. The number of carbonyl (C=O) groups is 1. The highest BCUT2D eigenvalue weighted by Gasteiger charge is 2.32. The van der Waals surface area contributed by atoms with E-state index in [9.17, 15) is 4.79 Å². The molecule has 22 heavy (non-hydrogen) atoms. The van der Waals surface area contributed by atoms with Crippen molar-refractivity contribution in [2.75, 3.05) is 39.3 Å². The summed E-state index contributed by atoms with van der Waals surface area (Å²) in [7, 11) is 0. The molecule has 2 aliphatic heterocycles. The molecule has 118 valence electrons. The lowest BCUT2D eigenvalue weighted by Crippen LogP contribution is -2.49. The van der Waals surface area contributed by atoms with Gasteiger partial charge in [-0.25, -0.2) is 0 Å². The summed E-state index contributed by atoms with van der Waals surface area (Å²) < 4.78 is 0. The average molecular weight is 299 g/mol. The fraction of sp³-hybridized carbons (Fsp3) is 0.611. The molecule has 4 rings (SSSR count). The van der Waals surface area contributed by atoms with Crippen LogP contribution in [0.15, 0.2) is 18.2 Å². The van der Waals surface area contributed by atoms with Crippen LogP contribution in [0.25, 0.3) is 0 Å². The zero-order chi connectivity index (χ0) is 14.9. The van der Waals surface area contributed by atoms with Gasteiger partial charge in [0.2, 0.25) is 0 Å². The maximum Gasteiger partial charge on any atom is 0.254 e. The number of aryl methyl sites for hydroxylation is 1. The van der Waals surface area contributed by atoms with Gasteiger partial charge in [0.25, 0.3) is 5.91 Å². The van der Waals surface area contributed by atoms with Crippen molar-refractivity contribution < 1.29 is 4.79 Å². The van der Waals surface area contributed by atoms with Crippen LogP contribution in [-0.2, 0) is 12.8 Å². The number of hydrogen-bond acceptors (Lipinski definition) is 3. The Bertz CT molecular complexity index is 565. The van der Waals surface area contributed by atoms with Crippen LogP contribution < -0.4 is 5.32 Å². The number of likely N-dealkylation sites (tertiary alicyclic amines) is 1. The Morgan fingerprint density at radius 3 is 2.86 bits per heavy atom. The molecule has 1 aliphatic carbocycles. The molecule has 1 N–H and O–H groups in total. The molecule has 4 heteroatoms. The SMILES string of the molecule is O=C(c1cccc2c1CCC2)N1CCC(N2CCNCC2)C1. The summed E-state index contributed by atoms with van der Waals surface area (Å²) in [5, 5.41) is 3.40. The van der Waals surface area contributed by atoms with Crippen LogP contribution in [0.3, 0.4) is 0 Å². The Kier molecular flexibility index (Phi) is 3.89. The first-order chi connectivity index (χ1) is 10.8. The van der Waals surface area contributed by atoms with Gasteiger partial charge in [-0.3, -0.25) is 9.69 Å². The van der Waals surface area contributed by atoms with Gasteiger partial charge in [-0.05, 0) is 42.9 Å². The Balaban J connectivity index is 1.47. The van der Waals surface area contributed by atoms with Crippen LogP contribution >= 0.6 is 0 Å². The van der Waals surface area contributed by atoms with Crippen molar-refractivity contribution in [1.29, 1.82) is 0 Å². The highest BCUT2D eigenvalue weighted by atomic mass is 16.2. The molecular formula is C18H25N3O. The second-order valence-electron chi connectivity index (χ2n) is 6.78. The van der Waals surface area contributed by atoms with Gasteiger partial charge >= 0.3 is 0 Å². The van der Waals surface area contributed by atoms with Crippen LogP contribution in [0.5, 0.6) is 0 Å². The number of benzene rings is 1. The van der Waals surface area contributed by atoms with Crippen LogP contribution in [0.2, 0.25) is 0 Å². The Hall–Kier alpha value is -1.39. The Morgan fingerprint density at radius 2 is 2.00 bits per heavy atom. The molecule has 4 nitrogen and oxygen atoms in total. The first-order valence-corrected chi connectivity index (χ1v) is 8.68. The topological polar surface area (TPSA) is 35.6 Å². The third-order valence-corrected chi connectivity index (χ3v) is 5.49. The summed E-state index contributed by atoms with van der Waals surface area (Å²) in [5.41, 5.74) is 3.68. The maximum absolute atomic E-state index is 12.9. The van der Waals surface area contributed by atoms with Crippen molar-refractivity contribution >= 4 is 5.91 Å². The molecule has 1 aromatic rings. The highest BCUT2D eigenvalue weighted by molar-refractivity contribution is 5.96. The molecular weight excluding hydrogens is 274 g/mol. The number of hydrogen-bond donors (Lipinski definition) is 1. The summed E-state index contributed by atoms with van der Waals surface area (Å²) in [4.78, 5) is 17.6. The van der Waals surface area contributed by atoms with E-state index < -0.39 is 0 Å². The van der Waals surface area contributed by atoms with Gasteiger partial charge in [0.05, 0.1) is 0 Å². The molecule has 2 saturated heterocycles. The lowest BCUT2D eigenvalue weighted by Gasteiger charge is -2.32. The normalized spacial score (nSPS) is 25.5. The zero-order valence-electron chi connectivity index (χ0n) is 13.2. The molecule has 1 amide bonds. The van der Waals surface area contributed by atoms with Gasteiger partial charge in [0.15, 0.2) is 0 Å². The number of piperazine rings is 1. The second-order valence-corrected chi connectivity index (χ2v) is 6.78. The Morgan fingerprint density at radius 1 is 1.14 bits per heavy atom. The van der Waals surface area contributed by atoms with Crippen molar-refractivity contribution in [3.63, 3.8) is 0 Å². The zero-order valence-corrected chi connectivity index (χ0v) is 13.2. The smallest absolute Gasteiger partial charge is 0.254 e. The maximum atomic E-state index is 12.9. The van der Waals surface area contributed by atoms with Gasteiger partial charge in [0, 0.05) is 50.9 Å². The van der Waals surface area contributed by atoms with E-state index in [0.717, 1.165) is 64.1 Å². The largest absolute Gasteiger partial charge is 0.337 e. The van der Waals surface area contributed by atoms with E-state index in [4.69, 9.17) is 0 Å². The minimum Gasteiger partial charge on any atom is -0.337 e. The second kappa shape index (κ2) is 6.01. The number of nitrogens with zero attached hydrogens (tertiary/aromatic N) is 2. The molecule has 1 aromatic carbocycles. The van der Waals surface area contributed by atoms with Crippen LogP contribution in [0.4, 0.5) is 0 Å². The van der Waals surface area contributed by atoms with E-state index in [1.54, 1.807) is 0 Å². The van der Waals surface area contributed by atoms with Crippen molar-refractivity contribution in [2.24, 2.45) is 0 Å². The fourth-order valence-corrected chi connectivity index (χ4v) is 4.26. The van der Waals surface area contributed by atoms with Gasteiger partial charge in [-0.2, -0.15) is 0 Å². The van der Waals surface area contributed by atoms with Gasteiger partial charge in [0.1, 0.15) is 0 Å². The number of carbonyl (C=O) groups excluding carboxylic acids is 1. The van der Waals surface area contributed by atoms with E-state index in [1.807, 2.05) is 6.07 Å². The predicted molar refractivity (Wildman–Crippen MR) is 87.2 cm³/mol. The number of fused-ring (bicyclic) bond motifs is 1. The first-order valence-electron chi connectivity index (χ1n) is 8.68. The van der Waals surface area contributed by atoms with E-state index in [0.29, 0.717) is 6.04 Å². The fourth-order valence-electron chi connectivity index (χ4n) is 4.26. The molecule has 3 aliphatic rings. The third-order valence-electron chi connectivity index (χ3n) is 5.49. The van der Waals surface area contributed by atoms with Gasteiger partial charge < -0.3 is 10.2 Å². The van der Waals surface area contributed by atoms with Crippen LogP contribution in [0.1, 0.15) is 34.3 Å². The van der Waals surface area contributed by atoms with Crippen LogP contribution in [-0.4, -0.2) is 61.0 Å². The molecule has 2 fully saturated rings. The molecule has 0 bridgehead atoms. The van der Waals surface area contributed by atoms with Crippen LogP contribution in [0, 0.1) is 0 Å². The van der Waals surface area contributed by atoms with Crippen molar-refractivity contribution in [2.45, 2.75) is 31.7 Å². The molecule has 1 atom stereocenters. The summed E-state index contributed by atoms with van der Waals surface area (Å²) in [5.74, 6) is 0.261.